The molecule has 0 aliphatic carbocycles. The molecule has 1 rings (SSSR count). The van der Waals surface area contributed by atoms with Gasteiger partial charge < -0.3 is 14.6 Å². The minimum Gasteiger partial charge on any atom is -0.497 e. The van der Waals surface area contributed by atoms with Gasteiger partial charge in [-0.25, -0.2) is 0 Å². The third-order valence-corrected chi connectivity index (χ3v) is 2.26. The largest absolute Gasteiger partial charge is 0.497 e. The van der Waals surface area contributed by atoms with E-state index in [1.165, 1.54) is 7.11 Å². The molecule has 0 saturated heterocycles. The van der Waals surface area contributed by atoms with Crippen molar-refractivity contribution < 1.29 is 19.4 Å². The lowest BCUT2D eigenvalue weighted by atomic mass is 10.1. The molecule has 0 aliphatic heterocycles. The Kier molecular flexibility index (Phi) is 4.79. The van der Waals surface area contributed by atoms with Crippen molar-refractivity contribution in [2.45, 2.75) is 18.9 Å². The van der Waals surface area contributed by atoms with Crippen molar-refractivity contribution in [2.75, 3.05) is 14.2 Å². The Morgan fingerprint density at radius 3 is 2.44 bits per heavy atom. The van der Waals surface area contributed by atoms with E-state index in [-0.39, 0.29) is 6.42 Å². The van der Waals surface area contributed by atoms with E-state index in [2.05, 4.69) is 4.74 Å². The highest BCUT2D eigenvalue weighted by Crippen LogP contribution is 2.13. The molecule has 0 fully saturated rings. The number of carbonyl (C=O) groups excluding carboxylic acids is 1. The Labute approximate surface area is 94.8 Å². The summed E-state index contributed by atoms with van der Waals surface area (Å²) in [6.07, 6.45) is -0.261. The Hall–Kier alpha value is -1.55. The Balaban J connectivity index is 2.49. The van der Waals surface area contributed by atoms with Crippen molar-refractivity contribution in [1.82, 2.24) is 0 Å². The molecule has 88 valence electrons. The molecule has 0 amide bonds. The summed E-state index contributed by atoms with van der Waals surface area (Å²) in [4.78, 5) is 10.9. The Morgan fingerprint density at radius 2 is 1.94 bits per heavy atom. The van der Waals surface area contributed by atoms with E-state index in [1.807, 2.05) is 24.3 Å². The number of benzene rings is 1. The number of hydrogen-bond acceptors (Lipinski definition) is 4. The molecule has 16 heavy (non-hydrogen) atoms. The van der Waals surface area contributed by atoms with Gasteiger partial charge in [-0.05, 0) is 24.1 Å². The highest BCUT2D eigenvalue weighted by Gasteiger charge is 2.11. The first kappa shape index (κ1) is 12.5. The van der Waals surface area contributed by atoms with E-state index in [9.17, 15) is 9.90 Å². The highest BCUT2D eigenvalue weighted by atomic mass is 16.5. The van der Waals surface area contributed by atoms with Crippen molar-refractivity contribution in [1.29, 1.82) is 0 Å². The van der Waals surface area contributed by atoms with Crippen LogP contribution in [0.3, 0.4) is 0 Å². The Morgan fingerprint density at radius 1 is 1.31 bits per heavy atom. The summed E-state index contributed by atoms with van der Waals surface area (Å²) in [5.74, 6) is 0.368. The lowest BCUT2D eigenvalue weighted by Gasteiger charge is -2.09. The van der Waals surface area contributed by atoms with Crippen LogP contribution < -0.4 is 4.74 Å². The zero-order valence-corrected chi connectivity index (χ0v) is 9.47. The summed E-state index contributed by atoms with van der Waals surface area (Å²) < 4.78 is 9.50. The Bertz CT molecular complexity index is 331. The minimum atomic E-state index is -0.708. The standard InChI is InChI=1S/C12H16O4/c1-15-11-5-3-9(4-6-11)7-10(13)8-12(14)16-2/h3-6,10,13H,7-8H2,1-2H3. The van der Waals surface area contributed by atoms with Crippen LogP contribution in [-0.4, -0.2) is 31.4 Å². The number of methoxy groups -OCH3 is 2. The van der Waals surface area contributed by atoms with Gasteiger partial charge in [-0.1, -0.05) is 12.1 Å². The molecule has 4 nitrogen and oxygen atoms in total. The van der Waals surface area contributed by atoms with Crippen molar-refractivity contribution in [3.8, 4) is 5.75 Å². The fourth-order valence-electron chi connectivity index (χ4n) is 1.38. The summed E-state index contributed by atoms with van der Waals surface area (Å²) in [5.41, 5.74) is 0.956. The minimum absolute atomic E-state index is 0.0164. The second kappa shape index (κ2) is 6.12. The summed E-state index contributed by atoms with van der Waals surface area (Å²) in [6, 6.07) is 7.36. The number of hydrogen-bond donors (Lipinski definition) is 1. The van der Waals surface area contributed by atoms with Gasteiger partial charge >= 0.3 is 5.97 Å². The monoisotopic (exact) mass is 224 g/mol. The van der Waals surface area contributed by atoms with E-state index >= 15 is 0 Å². The first-order chi connectivity index (χ1) is 7.65. The maximum Gasteiger partial charge on any atom is 0.308 e. The second-order valence-corrected chi connectivity index (χ2v) is 3.49. The zero-order chi connectivity index (χ0) is 12.0. The van der Waals surface area contributed by atoms with Crippen molar-refractivity contribution in [3.63, 3.8) is 0 Å². The van der Waals surface area contributed by atoms with Gasteiger partial charge in [0.05, 0.1) is 26.7 Å². The third kappa shape index (κ3) is 3.90. The predicted molar refractivity (Wildman–Crippen MR) is 59.3 cm³/mol. The number of ether oxygens (including phenoxy) is 2. The normalized spacial score (nSPS) is 11.9. The van der Waals surface area contributed by atoms with Crippen LogP contribution in [0.1, 0.15) is 12.0 Å². The summed E-state index contributed by atoms with van der Waals surface area (Å²) in [6.45, 7) is 0. The summed E-state index contributed by atoms with van der Waals surface area (Å²) >= 11 is 0. The molecule has 0 aromatic heterocycles. The molecule has 1 aromatic rings. The van der Waals surface area contributed by atoms with Crippen LogP contribution in [0.5, 0.6) is 5.75 Å². The van der Waals surface area contributed by atoms with Crippen LogP contribution in [0, 0.1) is 0 Å². The fraction of sp³-hybridized carbons (Fsp3) is 0.417. The molecule has 1 unspecified atom stereocenters. The highest BCUT2D eigenvalue weighted by molar-refractivity contribution is 5.69. The second-order valence-electron chi connectivity index (χ2n) is 3.49. The molecule has 0 radical (unpaired) electrons. The van der Waals surface area contributed by atoms with Gasteiger partial charge in [-0.2, -0.15) is 0 Å². The van der Waals surface area contributed by atoms with Gasteiger partial charge in [-0.15, -0.1) is 0 Å². The molecule has 0 saturated carbocycles. The molecule has 4 heteroatoms. The van der Waals surface area contributed by atoms with Crippen molar-refractivity contribution in [2.24, 2.45) is 0 Å². The first-order valence-electron chi connectivity index (χ1n) is 5.03. The zero-order valence-electron chi connectivity index (χ0n) is 9.47. The summed E-state index contributed by atoms with van der Waals surface area (Å²) in [7, 11) is 2.91. The van der Waals surface area contributed by atoms with Crippen LogP contribution in [-0.2, 0) is 16.0 Å². The predicted octanol–water partition coefficient (Wildman–Crippen LogP) is 1.16. The number of rotatable bonds is 5. The molecule has 0 aliphatic rings. The van der Waals surface area contributed by atoms with Crippen LogP contribution in [0.25, 0.3) is 0 Å². The van der Waals surface area contributed by atoms with Crippen molar-refractivity contribution >= 4 is 5.97 Å². The van der Waals surface area contributed by atoms with Crippen LogP contribution in [0.2, 0.25) is 0 Å². The SMILES string of the molecule is COC(=O)CC(O)Cc1ccc(OC)cc1. The van der Waals surface area contributed by atoms with Gasteiger partial charge in [-0.3, -0.25) is 4.79 Å². The van der Waals surface area contributed by atoms with E-state index in [4.69, 9.17) is 4.74 Å². The van der Waals surface area contributed by atoms with Crippen LogP contribution in [0.15, 0.2) is 24.3 Å². The van der Waals surface area contributed by atoms with E-state index in [0.29, 0.717) is 6.42 Å². The van der Waals surface area contributed by atoms with Gasteiger partial charge in [0, 0.05) is 0 Å². The average Bonchev–Trinajstić information content (AvgIpc) is 2.29. The molecule has 1 aromatic carbocycles. The lowest BCUT2D eigenvalue weighted by Crippen LogP contribution is -2.16. The quantitative estimate of drug-likeness (QED) is 0.762. The van der Waals surface area contributed by atoms with Gasteiger partial charge in [0.2, 0.25) is 0 Å². The number of esters is 1. The van der Waals surface area contributed by atoms with Crippen LogP contribution in [0.4, 0.5) is 0 Å². The molecule has 0 heterocycles. The van der Waals surface area contributed by atoms with Gasteiger partial charge in [0.1, 0.15) is 5.75 Å². The van der Waals surface area contributed by atoms with Gasteiger partial charge in [0.15, 0.2) is 0 Å². The first-order valence-corrected chi connectivity index (χ1v) is 5.03. The maximum atomic E-state index is 10.9. The van der Waals surface area contributed by atoms with Crippen molar-refractivity contribution in [3.05, 3.63) is 29.8 Å². The molecule has 1 N–H and O–H groups in total. The molecule has 1 atom stereocenters. The summed E-state index contributed by atoms with van der Waals surface area (Å²) in [5, 5.41) is 9.60. The van der Waals surface area contributed by atoms with E-state index < -0.39 is 12.1 Å². The fourth-order valence-corrected chi connectivity index (χ4v) is 1.38. The van der Waals surface area contributed by atoms with E-state index in [1.54, 1.807) is 7.11 Å². The number of carbonyl (C=O) groups is 1. The van der Waals surface area contributed by atoms with Crippen LogP contribution >= 0.6 is 0 Å². The lowest BCUT2D eigenvalue weighted by molar-refractivity contribution is -0.142. The van der Waals surface area contributed by atoms with Gasteiger partial charge in [0.25, 0.3) is 0 Å². The average molecular weight is 224 g/mol. The number of aliphatic hydroxyl groups is 1. The smallest absolute Gasteiger partial charge is 0.308 e. The van der Waals surface area contributed by atoms with E-state index in [0.717, 1.165) is 11.3 Å². The molecular weight excluding hydrogens is 208 g/mol. The third-order valence-electron chi connectivity index (χ3n) is 2.26. The molecule has 0 spiro atoms. The number of aliphatic hydroxyl groups excluding tert-OH is 1. The molecule has 0 bridgehead atoms. The topological polar surface area (TPSA) is 55.8 Å². The molecular formula is C12H16O4. The maximum absolute atomic E-state index is 10.9.